The van der Waals surface area contributed by atoms with Crippen LogP contribution in [-0.2, 0) is 9.59 Å². The molecule has 0 aliphatic carbocycles. The van der Waals surface area contributed by atoms with Gasteiger partial charge in [0.1, 0.15) is 17.9 Å². The summed E-state index contributed by atoms with van der Waals surface area (Å²) < 4.78 is 16.4. The molecule has 0 aliphatic rings. The lowest BCUT2D eigenvalue weighted by atomic mass is 9.98. The van der Waals surface area contributed by atoms with E-state index in [-0.39, 0.29) is 18.8 Å². The summed E-state index contributed by atoms with van der Waals surface area (Å²) in [5, 5.41) is 15.6. The number of carboxylic acid groups (broad SMARTS) is 1. The number of carboxylic acids is 1. The lowest BCUT2D eigenvalue weighted by molar-refractivity contribution is -0.401. The van der Waals surface area contributed by atoms with Gasteiger partial charge in [-0.25, -0.2) is 0 Å². The van der Waals surface area contributed by atoms with Crippen molar-refractivity contribution in [1.82, 2.24) is 5.16 Å². The van der Waals surface area contributed by atoms with Crippen molar-refractivity contribution in [3.05, 3.63) is 47.7 Å². The highest BCUT2D eigenvalue weighted by molar-refractivity contribution is 5.97. The van der Waals surface area contributed by atoms with E-state index in [1.807, 2.05) is 32.0 Å². The summed E-state index contributed by atoms with van der Waals surface area (Å²) in [4.78, 5) is 23.3. The fourth-order valence-corrected chi connectivity index (χ4v) is 3.33. The van der Waals surface area contributed by atoms with Crippen LogP contribution in [0.2, 0.25) is 0 Å². The average molecular weight is 476 g/mol. The molecule has 33 heavy (non-hydrogen) atoms. The SMILES string of the molecule is COc1ccc(-c2cnoc2-c2cc(C)c(C)c(OC)c2)cc1NC(=O)C([NH3+])CC(=O)O.[Cl-]. The Balaban J connectivity index is 0.00000385. The molecule has 1 unspecified atom stereocenters. The molecule has 0 spiro atoms. The van der Waals surface area contributed by atoms with Crippen LogP contribution in [0.3, 0.4) is 0 Å². The molecule has 0 saturated carbocycles. The van der Waals surface area contributed by atoms with Gasteiger partial charge in [-0.15, -0.1) is 0 Å². The molecule has 10 heteroatoms. The molecule has 2 aromatic carbocycles. The maximum absolute atomic E-state index is 12.4. The highest BCUT2D eigenvalue weighted by Gasteiger charge is 2.23. The van der Waals surface area contributed by atoms with Crippen molar-refractivity contribution in [2.24, 2.45) is 0 Å². The smallest absolute Gasteiger partial charge is 0.309 e. The van der Waals surface area contributed by atoms with Crippen molar-refractivity contribution in [2.75, 3.05) is 19.5 Å². The first-order valence-corrected chi connectivity index (χ1v) is 9.89. The van der Waals surface area contributed by atoms with Crippen LogP contribution in [0.25, 0.3) is 22.5 Å². The summed E-state index contributed by atoms with van der Waals surface area (Å²) in [7, 11) is 3.10. The second-order valence-electron chi connectivity index (χ2n) is 7.39. The summed E-state index contributed by atoms with van der Waals surface area (Å²) in [5.74, 6) is 0.0984. The number of aryl methyl sites for hydroxylation is 1. The van der Waals surface area contributed by atoms with E-state index in [4.69, 9.17) is 19.1 Å². The van der Waals surface area contributed by atoms with Crippen LogP contribution in [0.1, 0.15) is 17.5 Å². The van der Waals surface area contributed by atoms with Gasteiger partial charge in [0.25, 0.3) is 5.91 Å². The van der Waals surface area contributed by atoms with E-state index in [0.717, 1.165) is 28.0 Å². The minimum Gasteiger partial charge on any atom is -1.00 e. The summed E-state index contributed by atoms with van der Waals surface area (Å²) in [6.07, 6.45) is 1.22. The Morgan fingerprint density at radius 3 is 2.45 bits per heavy atom. The van der Waals surface area contributed by atoms with Crippen LogP contribution in [-0.4, -0.2) is 42.4 Å². The number of quaternary nitrogens is 1. The molecule has 0 fully saturated rings. The summed E-state index contributed by atoms with van der Waals surface area (Å²) in [6.45, 7) is 3.97. The fourth-order valence-electron chi connectivity index (χ4n) is 3.33. The number of hydrogen-bond donors (Lipinski definition) is 3. The number of amides is 1. The molecule has 176 valence electrons. The molecule has 1 atom stereocenters. The molecule has 3 aromatic rings. The fraction of sp³-hybridized carbons (Fsp3) is 0.261. The van der Waals surface area contributed by atoms with Crippen molar-refractivity contribution >= 4 is 17.6 Å². The number of benzene rings is 2. The van der Waals surface area contributed by atoms with Gasteiger partial charge in [-0.3, -0.25) is 9.59 Å². The molecular weight excluding hydrogens is 450 g/mol. The van der Waals surface area contributed by atoms with Gasteiger partial charge < -0.3 is 42.6 Å². The Bertz CT molecular complexity index is 1160. The Morgan fingerprint density at radius 2 is 1.82 bits per heavy atom. The van der Waals surface area contributed by atoms with Crippen molar-refractivity contribution < 1.29 is 46.8 Å². The quantitative estimate of drug-likeness (QED) is 0.405. The highest BCUT2D eigenvalue weighted by atomic mass is 35.5. The Labute approximate surface area is 197 Å². The molecule has 0 saturated heterocycles. The van der Waals surface area contributed by atoms with E-state index in [1.54, 1.807) is 25.4 Å². The number of carbonyl (C=O) groups is 2. The van der Waals surface area contributed by atoms with Gasteiger partial charge in [0.15, 0.2) is 11.8 Å². The number of nitrogens with one attached hydrogen (secondary N) is 1. The van der Waals surface area contributed by atoms with Crippen molar-refractivity contribution in [3.63, 3.8) is 0 Å². The average Bonchev–Trinajstić information content (AvgIpc) is 3.25. The van der Waals surface area contributed by atoms with E-state index in [1.165, 1.54) is 7.11 Å². The maximum atomic E-state index is 12.4. The van der Waals surface area contributed by atoms with Crippen LogP contribution in [0.5, 0.6) is 11.5 Å². The van der Waals surface area contributed by atoms with Gasteiger partial charge >= 0.3 is 5.97 Å². The molecule has 1 heterocycles. The number of hydrogen-bond acceptors (Lipinski definition) is 6. The number of anilines is 1. The van der Waals surface area contributed by atoms with E-state index in [9.17, 15) is 9.59 Å². The summed E-state index contributed by atoms with van der Waals surface area (Å²) in [6, 6.07) is 8.18. The lowest BCUT2D eigenvalue weighted by Gasteiger charge is -2.14. The van der Waals surface area contributed by atoms with E-state index in [0.29, 0.717) is 22.8 Å². The molecule has 3 rings (SSSR count). The van der Waals surface area contributed by atoms with Crippen molar-refractivity contribution in [3.8, 4) is 33.9 Å². The first-order chi connectivity index (χ1) is 15.2. The number of aromatic nitrogens is 1. The second-order valence-corrected chi connectivity index (χ2v) is 7.39. The number of carbonyl (C=O) groups excluding carboxylic acids is 1. The molecule has 5 N–H and O–H groups in total. The molecule has 0 aliphatic heterocycles. The van der Waals surface area contributed by atoms with Crippen molar-refractivity contribution in [1.29, 1.82) is 0 Å². The third kappa shape index (κ3) is 5.63. The summed E-state index contributed by atoms with van der Waals surface area (Å²) >= 11 is 0. The van der Waals surface area contributed by atoms with E-state index in [2.05, 4.69) is 16.2 Å². The van der Waals surface area contributed by atoms with Crippen LogP contribution in [0.15, 0.2) is 41.1 Å². The number of ether oxygens (including phenoxy) is 2. The first kappa shape index (κ1) is 25.7. The number of methoxy groups -OCH3 is 2. The lowest BCUT2D eigenvalue weighted by Crippen LogP contribution is -3.00. The van der Waals surface area contributed by atoms with E-state index < -0.39 is 17.9 Å². The van der Waals surface area contributed by atoms with Crippen LogP contribution in [0, 0.1) is 13.8 Å². The standard InChI is InChI=1S/C23H25N3O6.ClH/c1-12-7-15(9-20(31-4)13(12)2)22-16(11-25-32-22)14-5-6-19(30-3)18(8-14)26-23(29)17(24)10-21(27)28;/h5-9,11,17H,10,24H2,1-4H3,(H,26,29)(H,27,28);1H. The third-order valence-electron chi connectivity index (χ3n) is 5.23. The van der Waals surface area contributed by atoms with Gasteiger partial charge in [0.2, 0.25) is 0 Å². The number of rotatable bonds is 8. The zero-order chi connectivity index (χ0) is 23.4. The van der Waals surface area contributed by atoms with Crippen LogP contribution in [0.4, 0.5) is 5.69 Å². The van der Waals surface area contributed by atoms with Crippen LogP contribution >= 0.6 is 0 Å². The second kappa shape index (κ2) is 10.8. The normalized spacial score (nSPS) is 11.3. The summed E-state index contributed by atoms with van der Waals surface area (Å²) in [5.41, 5.74) is 8.34. The van der Waals surface area contributed by atoms with Crippen molar-refractivity contribution in [2.45, 2.75) is 26.3 Å². The maximum Gasteiger partial charge on any atom is 0.309 e. The van der Waals surface area contributed by atoms with Crippen LogP contribution < -0.4 is 32.9 Å². The van der Waals surface area contributed by atoms with Gasteiger partial charge in [0.05, 0.1) is 26.1 Å². The molecule has 0 radical (unpaired) electrons. The first-order valence-electron chi connectivity index (χ1n) is 9.89. The molecule has 0 bridgehead atoms. The molecule has 1 aromatic heterocycles. The molecule has 1 amide bonds. The van der Waals surface area contributed by atoms with Gasteiger partial charge in [-0.1, -0.05) is 11.2 Å². The number of nitrogens with zero attached hydrogens (tertiary/aromatic N) is 1. The Kier molecular flexibility index (Phi) is 8.44. The minimum atomic E-state index is -1.10. The largest absolute Gasteiger partial charge is 1.00 e. The minimum absolute atomic E-state index is 0. The Hall–Kier alpha value is -3.56. The van der Waals surface area contributed by atoms with E-state index >= 15 is 0 Å². The third-order valence-corrected chi connectivity index (χ3v) is 5.23. The topological polar surface area (TPSA) is 139 Å². The van der Waals surface area contributed by atoms with Gasteiger partial charge in [-0.2, -0.15) is 0 Å². The zero-order valence-corrected chi connectivity index (χ0v) is 19.5. The van der Waals surface area contributed by atoms with Gasteiger partial charge in [-0.05, 0) is 54.8 Å². The highest BCUT2D eigenvalue weighted by Crippen LogP contribution is 2.38. The Morgan fingerprint density at radius 1 is 1.12 bits per heavy atom. The number of halogens is 1. The number of aliphatic carboxylic acids is 1. The zero-order valence-electron chi connectivity index (χ0n) is 18.8. The molecule has 9 nitrogen and oxygen atoms in total. The predicted octanol–water partition coefficient (Wildman–Crippen LogP) is -0.330. The monoisotopic (exact) mass is 475 g/mol. The molecular formula is C23H26ClN3O6. The van der Waals surface area contributed by atoms with Gasteiger partial charge in [0, 0.05) is 11.1 Å². The predicted molar refractivity (Wildman–Crippen MR) is 118 cm³/mol.